The third-order valence-corrected chi connectivity index (χ3v) is 8.69. The van der Waals surface area contributed by atoms with Gasteiger partial charge in [-0.05, 0) is 0 Å². The summed E-state index contributed by atoms with van der Waals surface area (Å²) in [6, 6.07) is 20.0. The molecule has 26 heavy (non-hydrogen) atoms. The van der Waals surface area contributed by atoms with E-state index in [0.717, 1.165) is 11.5 Å². The molecule has 3 rings (SSSR count). The van der Waals surface area contributed by atoms with Gasteiger partial charge in [-0.1, -0.05) is 0 Å². The van der Waals surface area contributed by atoms with Gasteiger partial charge in [0.1, 0.15) is 0 Å². The quantitative estimate of drug-likeness (QED) is 0.517. The van der Waals surface area contributed by atoms with Crippen LogP contribution in [-0.4, -0.2) is 0 Å². The van der Waals surface area contributed by atoms with Gasteiger partial charge in [0.05, 0.1) is 0 Å². The van der Waals surface area contributed by atoms with E-state index in [1.807, 2.05) is 60.7 Å². The summed E-state index contributed by atoms with van der Waals surface area (Å²) >= 11 is -2.50. The molecule has 2 aromatic rings. The van der Waals surface area contributed by atoms with Crippen LogP contribution in [0.2, 0.25) is 0 Å². The average molecular weight is 406 g/mol. The van der Waals surface area contributed by atoms with Gasteiger partial charge in [-0.2, -0.15) is 0 Å². The van der Waals surface area contributed by atoms with Gasteiger partial charge in [-0.3, -0.25) is 0 Å². The first-order chi connectivity index (χ1) is 11.9. The first-order valence-corrected chi connectivity index (χ1v) is 10.7. The number of hydrogen-bond donors (Lipinski definition) is 0. The molecule has 0 fully saturated rings. The maximum atomic E-state index is 6.46. The van der Waals surface area contributed by atoms with Crippen LogP contribution in [0.1, 0.15) is 34.6 Å². The number of allylic oxidation sites excluding steroid dienone is 4. The largest absolute Gasteiger partial charge is 0.147 e. The van der Waals surface area contributed by atoms with E-state index >= 15 is 0 Å². The third-order valence-electron chi connectivity index (χ3n) is 5.17. The van der Waals surface area contributed by atoms with Crippen LogP contribution in [0.15, 0.2) is 81.3 Å². The minimum atomic E-state index is -2.50. The molecule has 0 bridgehead atoms. The number of halogens is 1. The summed E-state index contributed by atoms with van der Waals surface area (Å²) in [6.07, 6.45) is 0. The van der Waals surface area contributed by atoms with Crippen LogP contribution in [0.25, 0.3) is 0 Å². The van der Waals surface area contributed by atoms with Gasteiger partial charge in [0.2, 0.25) is 0 Å². The Kier molecular flexibility index (Phi) is 6.79. The number of benzene rings is 2. The molecule has 2 aromatic carbocycles. The minimum absolute atomic E-state index is 0. The molecule has 1 aliphatic rings. The molecule has 0 aliphatic heterocycles. The molecule has 0 spiro atoms. The normalized spacial score (nSPS) is 15.6. The fourth-order valence-corrected chi connectivity index (χ4v) is 6.65. The molecular weight excluding hydrogens is 380 g/mol. The summed E-state index contributed by atoms with van der Waals surface area (Å²) in [6.45, 7) is 11.2. The van der Waals surface area contributed by atoms with Crippen LogP contribution in [0.3, 0.4) is 0 Å². The summed E-state index contributed by atoms with van der Waals surface area (Å²) in [5, 5.41) is 0. The van der Waals surface area contributed by atoms with Gasteiger partial charge in [0, 0.05) is 0 Å². The Morgan fingerprint density at radius 1 is 0.692 bits per heavy atom. The van der Waals surface area contributed by atoms with Crippen molar-refractivity contribution in [2.24, 2.45) is 5.41 Å². The van der Waals surface area contributed by atoms with Crippen LogP contribution in [0.4, 0.5) is 0 Å². The number of rotatable bonds is 5. The predicted octanol–water partition coefficient (Wildman–Crippen LogP) is 6.66. The van der Waals surface area contributed by atoms with E-state index in [2.05, 4.69) is 34.6 Å². The summed E-state index contributed by atoms with van der Waals surface area (Å²) in [5.41, 5.74) is 4.11. The summed E-state index contributed by atoms with van der Waals surface area (Å²) in [5.74, 6) is 1.76. The molecule has 0 amide bonds. The standard InChI is InChI=1S/C10H15.2C6H6O.ClH.Ti/c1-7-6-10(4,5)9(3)8(7)2;2*7-6-4-2-1-3-5-6;;/h1-5H3;2*1-5,7H;1H;/q;;;;+2/p-2. The maximum Gasteiger partial charge on any atom is -0.147 e. The van der Waals surface area contributed by atoms with E-state index in [1.165, 1.54) is 20.6 Å². The molecule has 2 nitrogen and oxygen atoms in total. The van der Waals surface area contributed by atoms with Gasteiger partial charge in [-0.25, -0.2) is 0 Å². The molecule has 137 valence electrons. The Bertz CT molecular complexity index is 769. The predicted molar refractivity (Wildman–Crippen MR) is 106 cm³/mol. The van der Waals surface area contributed by atoms with Gasteiger partial charge < -0.3 is 0 Å². The van der Waals surface area contributed by atoms with Crippen molar-refractivity contribution in [1.29, 1.82) is 0 Å². The van der Waals surface area contributed by atoms with Crippen molar-refractivity contribution in [2.75, 3.05) is 0 Å². The SMILES string of the molecule is CC1=C(C)C(C)(C)[C]([Ti]([O]c2ccccc2)[O]c2ccccc2)=C1C.Cl. The van der Waals surface area contributed by atoms with Crippen molar-refractivity contribution in [3.63, 3.8) is 0 Å². The molecule has 0 saturated carbocycles. The first-order valence-electron chi connectivity index (χ1n) is 8.64. The van der Waals surface area contributed by atoms with Crippen molar-refractivity contribution in [3.8, 4) is 11.5 Å². The smallest absolute Gasteiger partial charge is 0.147 e. The molecule has 0 radical (unpaired) electrons. The second kappa shape index (κ2) is 8.48. The zero-order valence-electron chi connectivity index (χ0n) is 16.0. The van der Waals surface area contributed by atoms with E-state index in [1.54, 1.807) is 0 Å². The fraction of sp³-hybridized carbons (Fsp3) is 0.273. The van der Waals surface area contributed by atoms with Crippen LogP contribution < -0.4 is 6.64 Å². The zero-order valence-corrected chi connectivity index (χ0v) is 18.4. The first kappa shape index (κ1) is 20.8. The number of para-hydroxylation sites is 2. The summed E-state index contributed by atoms with van der Waals surface area (Å²) in [4.78, 5) is 0. The zero-order chi connectivity index (χ0) is 18.0. The maximum absolute atomic E-state index is 6.46. The fourth-order valence-electron chi connectivity index (χ4n) is 3.32. The Balaban J connectivity index is 0.00000243. The van der Waals surface area contributed by atoms with Crippen molar-refractivity contribution >= 4 is 12.4 Å². The molecule has 0 N–H and O–H groups in total. The number of hydrogen-bond acceptors (Lipinski definition) is 2. The monoisotopic (exact) mass is 405 g/mol. The second-order valence-electron chi connectivity index (χ2n) is 6.99. The van der Waals surface area contributed by atoms with Crippen molar-refractivity contribution < 1.29 is 25.3 Å². The van der Waals surface area contributed by atoms with Gasteiger partial charge >= 0.3 is 158 Å². The van der Waals surface area contributed by atoms with Crippen molar-refractivity contribution in [2.45, 2.75) is 34.6 Å². The molecule has 1 aliphatic carbocycles. The van der Waals surface area contributed by atoms with E-state index < -0.39 is 18.6 Å². The molecule has 4 heteroatoms. The molecule has 0 aromatic heterocycles. The molecule has 0 saturated heterocycles. The molecular formula is C22H26ClO2Ti. The minimum Gasteiger partial charge on any atom is -0.147 e. The summed E-state index contributed by atoms with van der Waals surface area (Å²) < 4.78 is 14.3. The molecule has 0 atom stereocenters. The average Bonchev–Trinajstić information content (AvgIpc) is 2.76. The topological polar surface area (TPSA) is 18.5 Å². The van der Waals surface area contributed by atoms with Crippen LogP contribution in [-0.2, 0) is 18.6 Å². The van der Waals surface area contributed by atoms with Crippen LogP contribution >= 0.6 is 12.4 Å². The van der Waals surface area contributed by atoms with E-state index in [9.17, 15) is 0 Å². The van der Waals surface area contributed by atoms with Crippen LogP contribution in [0.5, 0.6) is 11.5 Å². The Morgan fingerprint density at radius 3 is 1.46 bits per heavy atom. The Labute approximate surface area is 170 Å². The third kappa shape index (κ3) is 4.09. The van der Waals surface area contributed by atoms with Crippen LogP contribution in [0, 0.1) is 5.41 Å². The second-order valence-corrected chi connectivity index (χ2v) is 9.31. The summed E-state index contributed by atoms with van der Waals surface area (Å²) in [7, 11) is 0. The van der Waals surface area contributed by atoms with E-state index in [4.69, 9.17) is 6.64 Å². The van der Waals surface area contributed by atoms with E-state index in [0.29, 0.717) is 0 Å². The van der Waals surface area contributed by atoms with Crippen molar-refractivity contribution in [3.05, 3.63) is 81.3 Å². The van der Waals surface area contributed by atoms with E-state index in [-0.39, 0.29) is 17.8 Å². The molecule has 0 unspecified atom stereocenters. The van der Waals surface area contributed by atoms with Gasteiger partial charge in [0.25, 0.3) is 0 Å². The Morgan fingerprint density at radius 2 is 1.12 bits per heavy atom. The van der Waals surface area contributed by atoms with Gasteiger partial charge in [0.15, 0.2) is 0 Å². The Hall–Kier alpha value is -1.48. The molecule has 0 heterocycles. The van der Waals surface area contributed by atoms with Crippen molar-refractivity contribution in [1.82, 2.24) is 0 Å². The van der Waals surface area contributed by atoms with Gasteiger partial charge in [-0.15, -0.1) is 12.4 Å².